The molecule has 10 aromatic rings. The van der Waals surface area contributed by atoms with Gasteiger partial charge in [0.1, 0.15) is 0 Å². The highest BCUT2D eigenvalue weighted by Gasteiger charge is 2.47. The minimum atomic E-state index is -0.515. The number of hydrogen-bond acceptors (Lipinski definition) is 1. The third-order valence-corrected chi connectivity index (χ3v) is 14.3. The zero-order valence-corrected chi connectivity index (χ0v) is 36.0. The summed E-state index contributed by atoms with van der Waals surface area (Å²) in [4.78, 5) is 2.56. The number of para-hydroxylation sites is 1. The van der Waals surface area contributed by atoms with Gasteiger partial charge in [0.25, 0.3) is 0 Å². The molecule has 0 bridgehead atoms. The Morgan fingerprint density at radius 1 is 0.375 bits per heavy atom. The number of fused-ring (bicyclic) bond motifs is 5. The summed E-state index contributed by atoms with van der Waals surface area (Å²) in [6.07, 6.45) is 6.45. The average molecular weight is 820 g/mol. The fourth-order valence-electron chi connectivity index (χ4n) is 11.6. The van der Waals surface area contributed by atoms with E-state index in [2.05, 4.69) is 235 Å². The molecule has 1 heteroatoms. The molecule has 1 nitrogen and oxygen atoms in total. The minimum absolute atomic E-state index is 0.515. The van der Waals surface area contributed by atoms with Crippen molar-refractivity contribution >= 4 is 38.6 Å². The van der Waals surface area contributed by atoms with E-state index < -0.39 is 5.41 Å². The molecule has 0 heterocycles. The molecule has 2 aliphatic carbocycles. The molecule has 1 saturated carbocycles. The molecule has 64 heavy (non-hydrogen) atoms. The van der Waals surface area contributed by atoms with Crippen molar-refractivity contribution in [1.29, 1.82) is 0 Å². The van der Waals surface area contributed by atoms with Crippen LogP contribution < -0.4 is 4.90 Å². The Bertz CT molecular complexity index is 3250. The maximum Gasteiger partial charge on any atom is 0.0714 e. The van der Waals surface area contributed by atoms with Crippen LogP contribution in [0.2, 0.25) is 0 Å². The SMILES string of the molecule is c1ccc(C2(c3ccccc3)c3ccccc3-c3c(N(c4ccc(-c5cccc6ccccc56)cc4)c4ccccc4-c4cccc5cccc(C6CCCCC6)c45)cccc32)cc1. The Kier molecular flexibility index (Phi) is 9.56. The summed E-state index contributed by atoms with van der Waals surface area (Å²) in [6.45, 7) is 0. The van der Waals surface area contributed by atoms with Crippen molar-refractivity contribution in [2.45, 2.75) is 43.4 Å². The van der Waals surface area contributed by atoms with E-state index in [1.807, 2.05) is 0 Å². The topological polar surface area (TPSA) is 3.24 Å². The first-order valence-electron chi connectivity index (χ1n) is 23.1. The first-order chi connectivity index (χ1) is 31.8. The molecule has 0 N–H and O–H groups in total. The Hall–Kier alpha value is -7.48. The molecular weight excluding hydrogens is 771 g/mol. The number of hydrogen-bond donors (Lipinski definition) is 0. The molecular formula is C63H49N. The number of benzene rings is 10. The third kappa shape index (κ3) is 6.14. The smallest absolute Gasteiger partial charge is 0.0714 e. The van der Waals surface area contributed by atoms with E-state index in [9.17, 15) is 0 Å². The lowest BCUT2D eigenvalue weighted by atomic mass is 9.68. The van der Waals surface area contributed by atoms with Gasteiger partial charge in [-0.05, 0) is 115 Å². The second kappa shape index (κ2) is 16.0. The maximum atomic E-state index is 2.56. The fourth-order valence-corrected chi connectivity index (χ4v) is 11.6. The second-order valence-corrected chi connectivity index (χ2v) is 17.7. The normalized spacial score (nSPS) is 14.3. The van der Waals surface area contributed by atoms with Gasteiger partial charge in [0.15, 0.2) is 0 Å². The Morgan fingerprint density at radius 3 is 1.69 bits per heavy atom. The van der Waals surface area contributed by atoms with Crippen molar-refractivity contribution < 1.29 is 0 Å². The summed E-state index contributed by atoms with van der Waals surface area (Å²) < 4.78 is 0. The van der Waals surface area contributed by atoms with E-state index in [4.69, 9.17) is 0 Å². The second-order valence-electron chi connectivity index (χ2n) is 17.7. The van der Waals surface area contributed by atoms with Gasteiger partial charge in [-0.3, -0.25) is 0 Å². The minimum Gasteiger partial charge on any atom is -0.309 e. The van der Waals surface area contributed by atoms with Crippen LogP contribution in [0.1, 0.15) is 65.8 Å². The van der Waals surface area contributed by atoms with Crippen molar-refractivity contribution in [3.05, 3.63) is 258 Å². The summed E-state index contributed by atoms with van der Waals surface area (Å²) in [5.41, 5.74) is 17.1. The largest absolute Gasteiger partial charge is 0.309 e. The monoisotopic (exact) mass is 819 g/mol. The summed E-state index contributed by atoms with van der Waals surface area (Å²) in [5, 5.41) is 5.22. The van der Waals surface area contributed by atoms with E-state index in [0.717, 1.165) is 17.1 Å². The highest BCUT2D eigenvalue weighted by Crippen LogP contribution is 2.60. The molecule has 10 aromatic carbocycles. The molecule has 0 saturated heterocycles. The van der Waals surface area contributed by atoms with Crippen LogP contribution in [-0.4, -0.2) is 0 Å². The van der Waals surface area contributed by atoms with E-state index in [0.29, 0.717) is 5.92 Å². The zero-order chi connectivity index (χ0) is 42.5. The molecule has 0 atom stereocenters. The van der Waals surface area contributed by atoms with Crippen LogP contribution in [-0.2, 0) is 5.41 Å². The Morgan fingerprint density at radius 2 is 0.922 bits per heavy atom. The number of anilines is 3. The molecule has 0 unspecified atom stereocenters. The van der Waals surface area contributed by atoms with Gasteiger partial charge in [-0.1, -0.05) is 226 Å². The van der Waals surface area contributed by atoms with Crippen molar-refractivity contribution in [2.75, 3.05) is 4.90 Å². The molecule has 0 radical (unpaired) electrons. The van der Waals surface area contributed by atoms with Crippen LogP contribution in [0.15, 0.2) is 231 Å². The molecule has 12 rings (SSSR count). The quantitative estimate of drug-likeness (QED) is 0.148. The van der Waals surface area contributed by atoms with Gasteiger partial charge in [0.05, 0.1) is 16.8 Å². The van der Waals surface area contributed by atoms with Gasteiger partial charge >= 0.3 is 0 Å². The predicted octanol–water partition coefficient (Wildman–Crippen LogP) is 17.2. The molecule has 1 fully saturated rings. The lowest BCUT2D eigenvalue weighted by molar-refractivity contribution is 0.445. The maximum absolute atomic E-state index is 2.56. The van der Waals surface area contributed by atoms with Crippen LogP contribution >= 0.6 is 0 Å². The van der Waals surface area contributed by atoms with E-state index in [1.54, 1.807) is 0 Å². The Balaban J connectivity index is 1.13. The average Bonchev–Trinajstić information content (AvgIpc) is 3.69. The first-order valence-corrected chi connectivity index (χ1v) is 23.1. The van der Waals surface area contributed by atoms with Gasteiger partial charge in [-0.25, -0.2) is 0 Å². The zero-order valence-electron chi connectivity index (χ0n) is 36.0. The molecule has 0 amide bonds. The Labute approximate surface area is 376 Å². The molecule has 0 aliphatic heterocycles. The number of nitrogens with zero attached hydrogens (tertiary/aromatic N) is 1. The van der Waals surface area contributed by atoms with Crippen LogP contribution in [0, 0.1) is 0 Å². The van der Waals surface area contributed by atoms with Gasteiger partial charge in [0, 0.05) is 16.8 Å². The summed E-state index contributed by atoms with van der Waals surface area (Å²) >= 11 is 0. The van der Waals surface area contributed by atoms with Crippen molar-refractivity contribution in [3.63, 3.8) is 0 Å². The lowest BCUT2D eigenvalue weighted by Gasteiger charge is -2.34. The van der Waals surface area contributed by atoms with Crippen LogP contribution in [0.3, 0.4) is 0 Å². The highest BCUT2D eigenvalue weighted by atomic mass is 15.1. The summed E-state index contributed by atoms with van der Waals surface area (Å²) in [7, 11) is 0. The van der Waals surface area contributed by atoms with Crippen LogP contribution in [0.25, 0.3) is 54.9 Å². The van der Waals surface area contributed by atoms with E-state index >= 15 is 0 Å². The first kappa shape index (κ1) is 38.2. The number of rotatable bonds is 8. The summed E-state index contributed by atoms with van der Waals surface area (Å²) in [5.74, 6) is 0.571. The molecule has 2 aliphatic rings. The van der Waals surface area contributed by atoms with Crippen molar-refractivity contribution in [1.82, 2.24) is 0 Å². The summed E-state index contributed by atoms with van der Waals surface area (Å²) in [6, 6.07) is 86.2. The van der Waals surface area contributed by atoms with Crippen LogP contribution in [0.5, 0.6) is 0 Å². The van der Waals surface area contributed by atoms with Gasteiger partial charge < -0.3 is 4.90 Å². The van der Waals surface area contributed by atoms with E-state index in [1.165, 1.54) is 115 Å². The molecule has 0 aromatic heterocycles. The van der Waals surface area contributed by atoms with Crippen molar-refractivity contribution in [2.24, 2.45) is 0 Å². The molecule has 306 valence electrons. The molecule has 0 spiro atoms. The highest BCUT2D eigenvalue weighted by molar-refractivity contribution is 6.05. The van der Waals surface area contributed by atoms with Gasteiger partial charge in [0.2, 0.25) is 0 Å². The standard InChI is InChI=1S/C63H49N/c1-4-20-45(21-5-1)53-34-17-24-47-25-18-35-55(61(47)53)54-31-13-15-38-59(54)64(50-42-40-46(41-43-50)52-33-16-23-44-22-10-11-30-51(44)52)60-39-19-37-58-62(60)56-32-12-14-36-57(56)63(58,48-26-6-2-7-27-48)49-28-8-3-9-29-49/h2-3,6-19,22-43,45H,1,4-5,20-21H2. The fraction of sp³-hybridized carbons (Fsp3) is 0.111. The van der Waals surface area contributed by atoms with Gasteiger partial charge in [-0.15, -0.1) is 0 Å². The third-order valence-electron chi connectivity index (χ3n) is 14.3. The van der Waals surface area contributed by atoms with Crippen molar-refractivity contribution in [3.8, 4) is 33.4 Å². The predicted molar refractivity (Wildman–Crippen MR) is 270 cm³/mol. The van der Waals surface area contributed by atoms with Gasteiger partial charge in [-0.2, -0.15) is 0 Å². The lowest BCUT2D eigenvalue weighted by Crippen LogP contribution is -2.28. The van der Waals surface area contributed by atoms with Crippen LogP contribution in [0.4, 0.5) is 17.1 Å². The van der Waals surface area contributed by atoms with E-state index in [-0.39, 0.29) is 0 Å².